The number of hydrogen-bond acceptors (Lipinski definition) is 0. The Kier molecular flexibility index (Phi) is 5.46. The molecule has 0 bridgehead atoms. The summed E-state index contributed by atoms with van der Waals surface area (Å²) in [6.07, 6.45) is 4.76. The van der Waals surface area contributed by atoms with Crippen molar-refractivity contribution in [2.45, 2.75) is 44.6 Å². The van der Waals surface area contributed by atoms with Gasteiger partial charge in [-0.1, -0.05) is 40.0 Å². The van der Waals surface area contributed by atoms with Crippen molar-refractivity contribution in [1.29, 1.82) is 0 Å². The first-order chi connectivity index (χ1) is 4.74. The summed E-state index contributed by atoms with van der Waals surface area (Å²) in [7, 11) is -0.358. The quantitative estimate of drug-likeness (QED) is 0.448. The molecule has 0 rings (SSSR count). The number of hydrogen-bond donors (Lipinski definition) is 0. The van der Waals surface area contributed by atoms with E-state index >= 15 is 0 Å². The average molecular weight is 178 g/mol. The molecule has 0 saturated heterocycles. The summed E-state index contributed by atoms with van der Waals surface area (Å²) in [4.78, 5) is 0. The van der Waals surface area contributed by atoms with Gasteiger partial charge in [0.1, 0.15) is 8.83 Å². The number of rotatable bonds is 5. The van der Waals surface area contributed by atoms with Gasteiger partial charge in [0.15, 0.2) is 0 Å². The van der Waals surface area contributed by atoms with E-state index in [0.717, 1.165) is 6.42 Å². The van der Waals surface area contributed by atoms with Crippen LogP contribution < -0.4 is 0 Å². The molecule has 0 aromatic carbocycles. The van der Waals surface area contributed by atoms with E-state index in [2.05, 4.69) is 20.8 Å². The largest absolute Gasteiger partial charge is 0.176 e. The van der Waals surface area contributed by atoms with Gasteiger partial charge in [0, 0.05) is 0 Å². The SMILES string of the molecule is [CH2]CCC(CC)(CC)[SiH2]Cl. The Hall–Kier alpha value is 0.507. The van der Waals surface area contributed by atoms with Gasteiger partial charge in [0.2, 0.25) is 0 Å². The van der Waals surface area contributed by atoms with Gasteiger partial charge in [-0.05, 0) is 11.5 Å². The van der Waals surface area contributed by atoms with Gasteiger partial charge >= 0.3 is 0 Å². The smallest absolute Gasteiger partial charge is 0.131 e. The minimum absolute atomic E-state index is 0.358. The summed E-state index contributed by atoms with van der Waals surface area (Å²) in [6.45, 7) is 8.37. The molecule has 0 fully saturated rings. The molecule has 0 amide bonds. The normalized spacial score (nSPS) is 13.2. The molecule has 1 radical (unpaired) electrons. The van der Waals surface area contributed by atoms with Crippen molar-refractivity contribution in [3.63, 3.8) is 0 Å². The molecule has 61 valence electrons. The lowest BCUT2D eigenvalue weighted by Crippen LogP contribution is -2.14. The van der Waals surface area contributed by atoms with Gasteiger partial charge in [-0.3, -0.25) is 0 Å². The summed E-state index contributed by atoms with van der Waals surface area (Å²) in [5, 5.41) is 0.517. The first-order valence-electron chi connectivity index (χ1n) is 4.10. The maximum atomic E-state index is 6.01. The molecule has 0 aromatic rings. The van der Waals surface area contributed by atoms with Gasteiger partial charge in [-0.25, -0.2) is 0 Å². The average Bonchev–Trinajstić information content (AvgIpc) is 2.01. The van der Waals surface area contributed by atoms with Crippen LogP contribution in [0.2, 0.25) is 5.04 Å². The lowest BCUT2D eigenvalue weighted by atomic mass is 9.96. The third kappa shape index (κ3) is 2.63. The summed E-state index contributed by atoms with van der Waals surface area (Å²) >= 11 is 6.01. The van der Waals surface area contributed by atoms with Crippen LogP contribution in [0.15, 0.2) is 0 Å². The number of halogens is 1. The van der Waals surface area contributed by atoms with E-state index < -0.39 is 0 Å². The van der Waals surface area contributed by atoms with Gasteiger partial charge in [-0.15, -0.1) is 0 Å². The predicted molar refractivity (Wildman–Crippen MR) is 52.3 cm³/mol. The van der Waals surface area contributed by atoms with Crippen molar-refractivity contribution in [2.24, 2.45) is 0 Å². The molecule has 10 heavy (non-hydrogen) atoms. The van der Waals surface area contributed by atoms with Crippen LogP contribution in [-0.4, -0.2) is 8.83 Å². The van der Waals surface area contributed by atoms with Crippen LogP contribution >= 0.6 is 11.1 Å². The van der Waals surface area contributed by atoms with E-state index in [1.54, 1.807) is 0 Å². The first-order valence-corrected chi connectivity index (χ1v) is 6.94. The fourth-order valence-corrected chi connectivity index (χ4v) is 3.53. The van der Waals surface area contributed by atoms with E-state index in [1.807, 2.05) is 0 Å². The van der Waals surface area contributed by atoms with Crippen molar-refractivity contribution >= 4 is 19.9 Å². The lowest BCUT2D eigenvalue weighted by molar-refractivity contribution is 0.483. The van der Waals surface area contributed by atoms with Gasteiger partial charge in [0.25, 0.3) is 0 Å². The maximum absolute atomic E-state index is 6.01. The molecule has 0 spiro atoms. The van der Waals surface area contributed by atoms with E-state index in [-0.39, 0.29) is 8.83 Å². The van der Waals surface area contributed by atoms with Crippen molar-refractivity contribution in [2.75, 3.05) is 0 Å². The maximum Gasteiger partial charge on any atom is 0.131 e. The topological polar surface area (TPSA) is 0 Å². The molecule has 0 heterocycles. The van der Waals surface area contributed by atoms with Crippen LogP contribution in [0, 0.1) is 6.92 Å². The second-order valence-corrected chi connectivity index (χ2v) is 5.51. The van der Waals surface area contributed by atoms with Gasteiger partial charge in [-0.2, -0.15) is 11.1 Å². The minimum Gasteiger partial charge on any atom is -0.176 e. The lowest BCUT2D eigenvalue weighted by Gasteiger charge is -2.27. The second kappa shape index (κ2) is 5.20. The van der Waals surface area contributed by atoms with Crippen molar-refractivity contribution in [3.05, 3.63) is 6.92 Å². The standard InChI is InChI=1S/C8H18ClSi/c1-4-7-8(5-2,6-3)10-9/h1,4-7,10H2,2-3H3. The molecule has 0 unspecified atom stereocenters. The molecular weight excluding hydrogens is 160 g/mol. The molecule has 0 aliphatic rings. The molecule has 0 N–H and O–H groups in total. The zero-order valence-electron chi connectivity index (χ0n) is 7.12. The Morgan fingerprint density at radius 2 is 1.90 bits per heavy atom. The van der Waals surface area contributed by atoms with Gasteiger partial charge in [0.05, 0.1) is 0 Å². The predicted octanol–water partition coefficient (Wildman–Crippen LogP) is 2.90. The Labute approximate surface area is 71.9 Å². The zero-order chi connectivity index (χ0) is 8.04. The summed E-state index contributed by atoms with van der Waals surface area (Å²) < 4.78 is 0. The molecule has 0 aliphatic heterocycles. The van der Waals surface area contributed by atoms with Crippen molar-refractivity contribution in [1.82, 2.24) is 0 Å². The second-order valence-electron chi connectivity index (χ2n) is 2.94. The summed E-state index contributed by atoms with van der Waals surface area (Å²) in [6, 6.07) is 0. The Bertz CT molecular complexity index is 71.1. The Balaban J connectivity index is 3.87. The van der Waals surface area contributed by atoms with Crippen molar-refractivity contribution < 1.29 is 0 Å². The van der Waals surface area contributed by atoms with Crippen LogP contribution in [0.3, 0.4) is 0 Å². The highest BCUT2D eigenvalue weighted by atomic mass is 35.6. The van der Waals surface area contributed by atoms with Crippen molar-refractivity contribution in [3.8, 4) is 0 Å². The zero-order valence-corrected chi connectivity index (χ0v) is 9.29. The highest BCUT2D eigenvalue weighted by Crippen LogP contribution is 2.39. The third-order valence-corrected chi connectivity index (χ3v) is 6.11. The van der Waals surface area contributed by atoms with Gasteiger partial charge < -0.3 is 0 Å². The minimum atomic E-state index is -0.358. The van der Waals surface area contributed by atoms with Crippen LogP contribution in [0.4, 0.5) is 0 Å². The fourth-order valence-electron chi connectivity index (χ4n) is 1.23. The van der Waals surface area contributed by atoms with Crippen LogP contribution in [-0.2, 0) is 0 Å². The molecular formula is C8H18ClSi. The van der Waals surface area contributed by atoms with E-state index in [4.69, 9.17) is 11.1 Å². The Morgan fingerprint density at radius 3 is 2.00 bits per heavy atom. The monoisotopic (exact) mass is 177 g/mol. The van der Waals surface area contributed by atoms with E-state index in [0.29, 0.717) is 5.04 Å². The van der Waals surface area contributed by atoms with Crippen LogP contribution in [0.25, 0.3) is 0 Å². The summed E-state index contributed by atoms with van der Waals surface area (Å²) in [5.41, 5.74) is 0. The molecule has 0 atom stereocenters. The molecule has 0 saturated carbocycles. The summed E-state index contributed by atoms with van der Waals surface area (Å²) in [5.74, 6) is 0. The fraction of sp³-hybridized carbons (Fsp3) is 0.875. The van der Waals surface area contributed by atoms with Crippen LogP contribution in [0.1, 0.15) is 39.5 Å². The van der Waals surface area contributed by atoms with E-state index in [9.17, 15) is 0 Å². The Morgan fingerprint density at radius 1 is 1.40 bits per heavy atom. The third-order valence-electron chi connectivity index (χ3n) is 2.49. The van der Waals surface area contributed by atoms with Crippen LogP contribution in [0.5, 0.6) is 0 Å². The molecule has 0 aromatic heterocycles. The highest BCUT2D eigenvalue weighted by Gasteiger charge is 2.23. The first kappa shape index (κ1) is 10.5. The molecule has 0 aliphatic carbocycles. The molecule has 2 heteroatoms. The molecule has 0 nitrogen and oxygen atoms in total. The van der Waals surface area contributed by atoms with E-state index in [1.165, 1.54) is 19.3 Å². The highest BCUT2D eigenvalue weighted by molar-refractivity contribution is 6.95.